The van der Waals surface area contributed by atoms with Gasteiger partial charge in [-0.3, -0.25) is 29.8 Å². The second-order valence-corrected chi connectivity index (χ2v) is 9.14. The summed E-state index contributed by atoms with van der Waals surface area (Å²) in [6.07, 6.45) is 3.21. The number of amides is 2. The summed E-state index contributed by atoms with van der Waals surface area (Å²) in [5.74, 6) is -0.128. The zero-order valence-electron chi connectivity index (χ0n) is 19.2. The smallest absolute Gasteiger partial charge is 0.324 e. The summed E-state index contributed by atoms with van der Waals surface area (Å²) in [6, 6.07) is 9.31. The van der Waals surface area contributed by atoms with Gasteiger partial charge in [0.2, 0.25) is 5.91 Å². The largest absolute Gasteiger partial charge is 0.333 e. The minimum atomic E-state index is -0.693. The Hall–Kier alpha value is -3.60. The maximum atomic E-state index is 13.3. The van der Waals surface area contributed by atoms with E-state index in [1.54, 1.807) is 17.0 Å². The Morgan fingerprint density at radius 1 is 1.12 bits per heavy atom. The predicted molar refractivity (Wildman–Crippen MR) is 132 cm³/mol. The quantitative estimate of drug-likeness (QED) is 0.253. The van der Waals surface area contributed by atoms with Gasteiger partial charge in [-0.25, -0.2) is 14.3 Å². The lowest BCUT2D eigenvalue weighted by Crippen LogP contribution is -2.48. The van der Waals surface area contributed by atoms with E-state index in [9.17, 15) is 19.2 Å². The summed E-state index contributed by atoms with van der Waals surface area (Å²) in [5, 5.41) is 0. The highest BCUT2D eigenvalue weighted by atomic mass is 32.2. The van der Waals surface area contributed by atoms with Crippen molar-refractivity contribution < 1.29 is 9.59 Å². The number of hydrogen-bond donors (Lipinski definition) is 2. The van der Waals surface area contributed by atoms with E-state index < -0.39 is 29.6 Å². The normalized spacial score (nSPS) is 11.0. The molecule has 0 aliphatic heterocycles. The first-order chi connectivity index (χ1) is 16.3. The van der Waals surface area contributed by atoms with Crippen molar-refractivity contribution in [1.82, 2.24) is 29.5 Å². The number of hydrogen-bond acceptors (Lipinski definition) is 6. The van der Waals surface area contributed by atoms with E-state index in [-0.39, 0.29) is 29.4 Å². The molecule has 3 rings (SSSR count). The van der Waals surface area contributed by atoms with Crippen LogP contribution in [0.5, 0.6) is 0 Å². The van der Waals surface area contributed by atoms with Crippen LogP contribution in [0.25, 0.3) is 11.2 Å². The average Bonchev–Trinajstić information content (AvgIpc) is 3.22. The van der Waals surface area contributed by atoms with Gasteiger partial charge in [0, 0.05) is 12.3 Å². The molecular formula is C23H28N6O4S. The minimum absolute atomic E-state index is 0.135. The van der Waals surface area contributed by atoms with E-state index in [2.05, 4.69) is 22.4 Å². The van der Waals surface area contributed by atoms with Crippen LogP contribution >= 0.6 is 11.8 Å². The Morgan fingerprint density at radius 2 is 1.82 bits per heavy atom. The second kappa shape index (κ2) is 11.5. The summed E-state index contributed by atoms with van der Waals surface area (Å²) < 4.78 is 3.97. The summed E-state index contributed by atoms with van der Waals surface area (Å²) in [6.45, 7) is 7.76. The highest BCUT2D eigenvalue weighted by Gasteiger charge is 2.20. The van der Waals surface area contributed by atoms with Crippen molar-refractivity contribution in [3.8, 4) is 0 Å². The Balaban J connectivity index is 1.94. The zero-order valence-corrected chi connectivity index (χ0v) is 20.0. The van der Waals surface area contributed by atoms with Crippen LogP contribution in [-0.2, 0) is 29.2 Å². The highest BCUT2D eigenvalue weighted by molar-refractivity contribution is 8.00. The molecule has 2 N–H and O–H groups in total. The van der Waals surface area contributed by atoms with Gasteiger partial charge >= 0.3 is 5.69 Å². The summed E-state index contributed by atoms with van der Waals surface area (Å²) in [5.41, 5.74) is 4.66. The Kier molecular flexibility index (Phi) is 8.47. The minimum Gasteiger partial charge on any atom is -0.324 e. The third-order valence-corrected chi connectivity index (χ3v) is 5.78. The van der Waals surface area contributed by atoms with Gasteiger partial charge in [-0.05, 0) is 11.5 Å². The van der Waals surface area contributed by atoms with Crippen molar-refractivity contribution in [2.45, 2.75) is 33.5 Å². The molecule has 34 heavy (non-hydrogen) atoms. The molecule has 0 spiro atoms. The number of fused-ring (bicyclic) bond motifs is 1. The number of carbonyl (C=O) groups is 2. The molecule has 0 aliphatic rings. The van der Waals surface area contributed by atoms with Gasteiger partial charge in [-0.2, -0.15) is 0 Å². The van der Waals surface area contributed by atoms with Crippen LogP contribution in [0.15, 0.2) is 58.9 Å². The predicted octanol–water partition coefficient (Wildman–Crippen LogP) is 1.13. The third kappa shape index (κ3) is 6.04. The molecule has 180 valence electrons. The molecule has 0 radical (unpaired) electrons. The molecule has 0 atom stereocenters. The number of rotatable bonds is 10. The lowest BCUT2D eigenvalue weighted by Gasteiger charge is -2.14. The average molecular weight is 485 g/mol. The fourth-order valence-electron chi connectivity index (χ4n) is 3.41. The fourth-order valence-corrected chi connectivity index (χ4v) is 3.95. The van der Waals surface area contributed by atoms with Crippen LogP contribution < -0.4 is 22.1 Å². The number of hydrazine groups is 1. The molecule has 10 nitrogen and oxygen atoms in total. The molecule has 0 aliphatic carbocycles. The molecule has 0 saturated carbocycles. The van der Waals surface area contributed by atoms with Crippen molar-refractivity contribution in [2.24, 2.45) is 5.92 Å². The van der Waals surface area contributed by atoms with E-state index >= 15 is 0 Å². The lowest BCUT2D eigenvalue weighted by atomic mass is 10.2. The number of nitrogens with one attached hydrogen (secondary N) is 2. The lowest BCUT2D eigenvalue weighted by molar-refractivity contribution is -0.128. The maximum absolute atomic E-state index is 13.3. The molecule has 1 aromatic carbocycles. The van der Waals surface area contributed by atoms with Crippen LogP contribution in [0.1, 0.15) is 19.4 Å². The first kappa shape index (κ1) is 25.0. The molecule has 0 unspecified atom stereocenters. The molecule has 2 aromatic heterocycles. The number of benzene rings is 1. The van der Waals surface area contributed by atoms with Crippen LogP contribution in [0.3, 0.4) is 0 Å². The van der Waals surface area contributed by atoms with Crippen molar-refractivity contribution in [2.75, 3.05) is 11.5 Å². The van der Waals surface area contributed by atoms with E-state index in [0.29, 0.717) is 12.3 Å². The van der Waals surface area contributed by atoms with Crippen LogP contribution in [0.2, 0.25) is 0 Å². The Morgan fingerprint density at radius 3 is 2.50 bits per heavy atom. The van der Waals surface area contributed by atoms with Crippen LogP contribution in [0, 0.1) is 5.92 Å². The van der Waals surface area contributed by atoms with Crippen molar-refractivity contribution in [3.05, 3.63) is 75.7 Å². The van der Waals surface area contributed by atoms with Crippen molar-refractivity contribution in [3.63, 3.8) is 0 Å². The van der Waals surface area contributed by atoms with E-state index in [1.165, 1.54) is 16.3 Å². The highest BCUT2D eigenvalue weighted by Crippen LogP contribution is 2.11. The molecule has 0 fully saturated rings. The van der Waals surface area contributed by atoms with E-state index in [4.69, 9.17) is 0 Å². The van der Waals surface area contributed by atoms with E-state index in [0.717, 1.165) is 10.1 Å². The molecule has 3 aromatic rings. The zero-order chi connectivity index (χ0) is 24.7. The molecule has 2 amide bonds. The number of thioether (sulfide) groups is 1. The molecule has 11 heteroatoms. The Bertz CT molecular complexity index is 1290. The maximum Gasteiger partial charge on any atom is 0.333 e. The fraction of sp³-hybridized carbons (Fsp3) is 0.348. The standard InChI is InChI=1S/C23H28N6O4S/c1-4-10-34-14-19(31)26-25-18(30)13-29-22(32)20-21(24-15-27(20)11-16(2)3)28(23(29)33)12-17-8-6-5-7-9-17/h4-9,15-16H,1,10-14H2,2-3H3,(H,25,30)(H,26,31). The second-order valence-electron chi connectivity index (χ2n) is 8.11. The molecule has 0 saturated heterocycles. The summed E-state index contributed by atoms with van der Waals surface area (Å²) >= 11 is 1.33. The molecule has 2 heterocycles. The van der Waals surface area contributed by atoms with Gasteiger partial charge < -0.3 is 4.57 Å². The van der Waals surface area contributed by atoms with Crippen LogP contribution in [0.4, 0.5) is 0 Å². The van der Waals surface area contributed by atoms with Gasteiger partial charge in [0.15, 0.2) is 11.2 Å². The van der Waals surface area contributed by atoms with Crippen molar-refractivity contribution >= 4 is 34.7 Å². The number of imidazole rings is 1. The van der Waals surface area contributed by atoms with Gasteiger partial charge in [0.1, 0.15) is 6.54 Å². The van der Waals surface area contributed by atoms with Crippen molar-refractivity contribution in [1.29, 1.82) is 0 Å². The number of nitrogens with zero attached hydrogens (tertiary/aromatic N) is 4. The number of carbonyl (C=O) groups excluding carboxylic acids is 2. The monoisotopic (exact) mass is 484 g/mol. The third-order valence-electron chi connectivity index (χ3n) is 4.84. The van der Waals surface area contributed by atoms with Gasteiger partial charge in [0.05, 0.1) is 18.6 Å². The summed E-state index contributed by atoms with van der Waals surface area (Å²) in [7, 11) is 0. The topological polar surface area (TPSA) is 120 Å². The van der Waals surface area contributed by atoms with Gasteiger partial charge in [0.25, 0.3) is 11.5 Å². The van der Waals surface area contributed by atoms with Gasteiger partial charge in [-0.1, -0.05) is 50.3 Å². The first-order valence-electron chi connectivity index (χ1n) is 10.8. The SMILES string of the molecule is C=CCSCC(=O)NNC(=O)Cn1c(=O)c2c(ncn2CC(C)C)n(Cc2ccccc2)c1=O. The van der Waals surface area contributed by atoms with Crippen LogP contribution in [-0.4, -0.2) is 42.0 Å². The molecular weight excluding hydrogens is 456 g/mol. The first-order valence-corrected chi connectivity index (χ1v) is 12.0. The van der Waals surface area contributed by atoms with E-state index in [1.807, 2.05) is 44.2 Å². The number of aromatic nitrogens is 4. The summed E-state index contributed by atoms with van der Waals surface area (Å²) in [4.78, 5) is 55.2. The Labute approximate surface area is 200 Å². The van der Waals surface area contributed by atoms with Gasteiger partial charge in [-0.15, -0.1) is 18.3 Å². The molecule has 0 bridgehead atoms.